The highest BCUT2D eigenvalue weighted by atomic mass is 16.5. The Morgan fingerprint density at radius 1 is 1.29 bits per heavy atom. The summed E-state index contributed by atoms with van der Waals surface area (Å²) in [6, 6.07) is 7.15. The molecule has 2 heterocycles. The van der Waals surface area contributed by atoms with Gasteiger partial charge in [0.15, 0.2) is 0 Å². The normalized spacial score (nSPS) is 21.1. The molecular formula is C18H28N2O. The first kappa shape index (κ1) is 14.7. The zero-order valence-corrected chi connectivity index (χ0v) is 13.6. The van der Waals surface area contributed by atoms with E-state index < -0.39 is 0 Å². The molecule has 2 aliphatic heterocycles. The maximum Gasteiger partial charge on any atom is 0.121 e. The second-order valence-electron chi connectivity index (χ2n) is 7.22. The van der Waals surface area contributed by atoms with Crippen LogP contribution in [0.3, 0.4) is 0 Å². The first-order valence-electron chi connectivity index (χ1n) is 8.29. The van der Waals surface area contributed by atoms with Crippen LogP contribution in [0.25, 0.3) is 0 Å². The molecule has 0 radical (unpaired) electrons. The van der Waals surface area contributed by atoms with Gasteiger partial charge in [0.1, 0.15) is 5.75 Å². The molecule has 0 amide bonds. The van der Waals surface area contributed by atoms with Crippen LogP contribution in [0.1, 0.15) is 39.2 Å². The van der Waals surface area contributed by atoms with Gasteiger partial charge in [-0.05, 0) is 57.8 Å². The predicted octanol–water partition coefficient (Wildman–Crippen LogP) is 3.54. The molecule has 116 valence electrons. The molecule has 0 aromatic heterocycles. The van der Waals surface area contributed by atoms with Gasteiger partial charge in [-0.15, -0.1) is 0 Å². The third-order valence-corrected chi connectivity index (χ3v) is 5.11. The summed E-state index contributed by atoms with van der Waals surface area (Å²) in [6.45, 7) is 11.2. The molecule has 0 spiro atoms. The molecule has 3 heteroatoms. The molecule has 3 rings (SSSR count). The van der Waals surface area contributed by atoms with Gasteiger partial charge >= 0.3 is 0 Å². The summed E-state index contributed by atoms with van der Waals surface area (Å²) >= 11 is 0. The molecule has 2 aliphatic rings. The highest BCUT2D eigenvalue weighted by Crippen LogP contribution is 2.33. The monoisotopic (exact) mass is 288 g/mol. The Balaban J connectivity index is 1.55. The van der Waals surface area contributed by atoms with Crippen molar-refractivity contribution >= 4 is 5.69 Å². The standard InChI is InChI=1S/C18H28N2O/c1-14(2)20-10-7-18(3,8-11-20)13-21-16-5-4-15-6-9-19-17(15)12-16/h4-5,12,14,19H,6-11,13H2,1-3H3. The van der Waals surface area contributed by atoms with Crippen LogP contribution in [0.15, 0.2) is 18.2 Å². The minimum absolute atomic E-state index is 0.317. The molecule has 1 aromatic rings. The van der Waals surface area contributed by atoms with E-state index in [1.165, 1.54) is 37.2 Å². The van der Waals surface area contributed by atoms with Crippen molar-refractivity contribution in [1.82, 2.24) is 4.90 Å². The maximum atomic E-state index is 6.11. The number of likely N-dealkylation sites (tertiary alicyclic amines) is 1. The van der Waals surface area contributed by atoms with Crippen LogP contribution in [0, 0.1) is 5.41 Å². The van der Waals surface area contributed by atoms with E-state index in [-0.39, 0.29) is 0 Å². The highest BCUT2D eigenvalue weighted by Gasteiger charge is 2.31. The largest absolute Gasteiger partial charge is 0.493 e. The Bertz CT molecular complexity index is 490. The summed E-state index contributed by atoms with van der Waals surface area (Å²) in [5, 5.41) is 3.42. The molecule has 1 fully saturated rings. The lowest BCUT2D eigenvalue weighted by Gasteiger charge is -2.40. The van der Waals surface area contributed by atoms with Crippen LogP contribution in [0.2, 0.25) is 0 Å². The third kappa shape index (κ3) is 3.34. The molecule has 0 bridgehead atoms. The van der Waals surface area contributed by atoms with E-state index in [4.69, 9.17) is 4.74 Å². The minimum Gasteiger partial charge on any atom is -0.493 e. The van der Waals surface area contributed by atoms with Gasteiger partial charge in [-0.3, -0.25) is 0 Å². The molecule has 0 atom stereocenters. The van der Waals surface area contributed by atoms with Crippen LogP contribution in [0.4, 0.5) is 5.69 Å². The van der Waals surface area contributed by atoms with Gasteiger partial charge in [-0.2, -0.15) is 0 Å². The molecule has 1 aromatic carbocycles. The number of anilines is 1. The lowest BCUT2D eigenvalue weighted by molar-refractivity contribution is 0.0553. The Morgan fingerprint density at radius 3 is 2.76 bits per heavy atom. The summed E-state index contributed by atoms with van der Waals surface area (Å²) in [6.07, 6.45) is 3.60. The van der Waals surface area contributed by atoms with E-state index in [0.717, 1.165) is 25.3 Å². The van der Waals surface area contributed by atoms with Crippen molar-refractivity contribution in [2.24, 2.45) is 5.41 Å². The van der Waals surface area contributed by atoms with Gasteiger partial charge in [-0.25, -0.2) is 0 Å². The van der Waals surface area contributed by atoms with Gasteiger partial charge in [0.05, 0.1) is 6.61 Å². The van der Waals surface area contributed by atoms with E-state index in [1.807, 2.05) is 0 Å². The van der Waals surface area contributed by atoms with Crippen LogP contribution in [0.5, 0.6) is 5.75 Å². The Kier molecular flexibility index (Phi) is 4.12. The topological polar surface area (TPSA) is 24.5 Å². The van der Waals surface area contributed by atoms with E-state index in [0.29, 0.717) is 11.5 Å². The average molecular weight is 288 g/mol. The molecule has 3 nitrogen and oxygen atoms in total. The molecule has 0 unspecified atom stereocenters. The first-order valence-corrected chi connectivity index (χ1v) is 8.29. The number of benzene rings is 1. The second kappa shape index (κ2) is 5.88. The maximum absolute atomic E-state index is 6.11. The molecule has 1 saturated heterocycles. The summed E-state index contributed by atoms with van der Waals surface area (Å²) < 4.78 is 6.11. The predicted molar refractivity (Wildman–Crippen MR) is 88.2 cm³/mol. The Hall–Kier alpha value is -1.22. The van der Waals surface area contributed by atoms with Crippen LogP contribution in [-0.2, 0) is 6.42 Å². The summed E-state index contributed by atoms with van der Waals surface area (Å²) in [5.74, 6) is 1.01. The van der Waals surface area contributed by atoms with Crippen molar-refractivity contribution in [1.29, 1.82) is 0 Å². The fourth-order valence-electron chi connectivity index (χ4n) is 3.34. The van der Waals surface area contributed by atoms with Crippen molar-refractivity contribution in [3.05, 3.63) is 23.8 Å². The number of hydrogen-bond donors (Lipinski definition) is 1. The van der Waals surface area contributed by atoms with Gasteiger partial charge < -0.3 is 15.0 Å². The Morgan fingerprint density at radius 2 is 2.05 bits per heavy atom. The number of nitrogens with one attached hydrogen (secondary N) is 1. The fraction of sp³-hybridized carbons (Fsp3) is 0.667. The van der Waals surface area contributed by atoms with Gasteiger partial charge in [-0.1, -0.05) is 13.0 Å². The van der Waals surface area contributed by atoms with Gasteiger partial charge in [0.25, 0.3) is 0 Å². The lowest BCUT2D eigenvalue weighted by Crippen LogP contribution is -2.44. The van der Waals surface area contributed by atoms with Crippen LogP contribution >= 0.6 is 0 Å². The van der Waals surface area contributed by atoms with Crippen LogP contribution < -0.4 is 10.1 Å². The average Bonchev–Trinajstić information content (AvgIpc) is 2.93. The van der Waals surface area contributed by atoms with Crippen molar-refractivity contribution in [2.75, 3.05) is 31.6 Å². The summed E-state index contributed by atoms with van der Waals surface area (Å²) in [5.41, 5.74) is 2.99. The molecule has 21 heavy (non-hydrogen) atoms. The minimum atomic E-state index is 0.317. The zero-order valence-electron chi connectivity index (χ0n) is 13.6. The van der Waals surface area contributed by atoms with Crippen LogP contribution in [-0.4, -0.2) is 37.2 Å². The van der Waals surface area contributed by atoms with E-state index in [2.05, 4.69) is 49.2 Å². The highest BCUT2D eigenvalue weighted by molar-refractivity contribution is 5.58. The fourth-order valence-corrected chi connectivity index (χ4v) is 3.34. The smallest absolute Gasteiger partial charge is 0.121 e. The van der Waals surface area contributed by atoms with Gasteiger partial charge in [0, 0.05) is 29.8 Å². The number of hydrogen-bond acceptors (Lipinski definition) is 3. The SMILES string of the molecule is CC(C)N1CCC(C)(COc2ccc3c(c2)NCC3)CC1. The quantitative estimate of drug-likeness (QED) is 0.917. The van der Waals surface area contributed by atoms with Crippen molar-refractivity contribution < 1.29 is 4.74 Å². The summed E-state index contributed by atoms with van der Waals surface area (Å²) in [7, 11) is 0. The molecular weight excluding hydrogens is 260 g/mol. The molecule has 1 N–H and O–H groups in total. The zero-order chi connectivity index (χ0) is 14.9. The summed E-state index contributed by atoms with van der Waals surface area (Å²) in [4.78, 5) is 2.57. The number of piperidine rings is 1. The number of nitrogens with zero attached hydrogens (tertiary/aromatic N) is 1. The van der Waals surface area contributed by atoms with Gasteiger partial charge in [0.2, 0.25) is 0 Å². The third-order valence-electron chi connectivity index (χ3n) is 5.11. The van der Waals surface area contributed by atoms with Crippen molar-refractivity contribution in [3.63, 3.8) is 0 Å². The first-order chi connectivity index (χ1) is 10.1. The van der Waals surface area contributed by atoms with Crippen molar-refractivity contribution in [3.8, 4) is 5.75 Å². The molecule has 0 saturated carbocycles. The molecule has 0 aliphatic carbocycles. The number of rotatable bonds is 4. The van der Waals surface area contributed by atoms with E-state index in [9.17, 15) is 0 Å². The lowest BCUT2D eigenvalue weighted by atomic mass is 9.81. The second-order valence-corrected chi connectivity index (χ2v) is 7.22. The van der Waals surface area contributed by atoms with E-state index in [1.54, 1.807) is 0 Å². The number of ether oxygens (including phenoxy) is 1. The Labute approximate surface area is 128 Å². The van der Waals surface area contributed by atoms with Crippen molar-refractivity contribution in [2.45, 2.75) is 46.1 Å². The van der Waals surface area contributed by atoms with E-state index >= 15 is 0 Å². The number of fused-ring (bicyclic) bond motifs is 1.